The quantitative estimate of drug-likeness (QED) is 0.564. The van der Waals surface area contributed by atoms with Crippen LogP contribution < -0.4 is 0 Å². The maximum atomic E-state index is 4.19. The van der Waals surface area contributed by atoms with Crippen LogP contribution in [0.3, 0.4) is 0 Å². The number of rotatable bonds is 0. The molecular weight excluding hydrogens is 141 g/mol. The number of hydrogen-bond donors (Lipinski definition) is 0. The molecule has 0 amide bonds. The van der Waals surface area contributed by atoms with Crippen LogP contribution in [0.4, 0.5) is 0 Å². The first-order valence-corrected chi connectivity index (χ1v) is 3.93. The molecule has 0 aliphatic rings. The van der Waals surface area contributed by atoms with Gasteiger partial charge in [-0.15, -0.1) is 8.19 Å². The molecule has 0 bridgehead atoms. The van der Waals surface area contributed by atoms with Crippen molar-refractivity contribution in [3.63, 3.8) is 0 Å². The third kappa shape index (κ3) is 1.05. The van der Waals surface area contributed by atoms with E-state index in [2.05, 4.69) is 17.1 Å². The van der Waals surface area contributed by atoms with E-state index in [-0.39, 0.29) is 7.43 Å². The van der Waals surface area contributed by atoms with Gasteiger partial charge in [0.25, 0.3) is 0 Å². The molecule has 52 valence electrons. The van der Waals surface area contributed by atoms with Crippen molar-refractivity contribution < 1.29 is 0 Å². The first kappa shape index (κ1) is 7.30. The molecule has 0 spiro atoms. The van der Waals surface area contributed by atoms with Gasteiger partial charge in [-0.2, -0.15) is 0 Å². The SMILES string of the molecule is C.c1ccc2[pH]cnc2c1. The molecule has 0 N–H and O–H groups in total. The fraction of sp³-hybridized carbons (Fsp3) is 0.125. The lowest BCUT2D eigenvalue weighted by atomic mass is 10.3. The molecule has 1 heterocycles. The third-order valence-corrected chi connectivity index (χ3v) is 2.32. The van der Waals surface area contributed by atoms with Gasteiger partial charge in [-0.05, 0) is 12.1 Å². The molecular formula is C8H10NP. The van der Waals surface area contributed by atoms with E-state index in [9.17, 15) is 0 Å². The van der Waals surface area contributed by atoms with E-state index in [0.717, 1.165) is 13.7 Å². The van der Waals surface area contributed by atoms with Crippen LogP contribution in [0, 0.1) is 0 Å². The second kappa shape index (κ2) is 2.85. The van der Waals surface area contributed by atoms with Gasteiger partial charge in [0, 0.05) is 11.0 Å². The van der Waals surface area contributed by atoms with E-state index >= 15 is 0 Å². The fourth-order valence-corrected chi connectivity index (χ4v) is 1.71. The van der Waals surface area contributed by atoms with Crippen molar-refractivity contribution in [2.75, 3.05) is 0 Å². The first-order chi connectivity index (χ1) is 4.47. The summed E-state index contributed by atoms with van der Waals surface area (Å²) in [4.78, 5) is 4.19. The van der Waals surface area contributed by atoms with Crippen LogP contribution >= 0.6 is 8.19 Å². The Morgan fingerprint density at radius 1 is 1.20 bits per heavy atom. The summed E-state index contributed by atoms with van der Waals surface area (Å²) < 4.78 is 0. The molecule has 2 aromatic rings. The van der Waals surface area contributed by atoms with Gasteiger partial charge in [-0.3, -0.25) is 4.98 Å². The van der Waals surface area contributed by atoms with Crippen LogP contribution in [-0.2, 0) is 0 Å². The van der Waals surface area contributed by atoms with E-state index in [1.165, 1.54) is 5.12 Å². The highest BCUT2D eigenvalue weighted by Crippen LogP contribution is 2.20. The summed E-state index contributed by atoms with van der Waals surface area (Å²) in [7, 11) is 0.788. The molecule has 1 aromatic heterocycles. The Bertz CT molecular complexity index is 283. The Hall–Kier alpha value is -0.810. The van der Waals surface area contributed by atoms with Gasteiger partial charge in [0.15, 0.2) is 0 Å². The van der Waals surface area contributed by atoms with E-state index in [0.29, 0.717) is 0 Å². The molecule has 10 heavy (non-hydrogen) atoms. The van der Waals surface area contributed by atoms with E-state index in [1.807, 2.05) is 18.1 Å². The van der Waals surface area contributed by atoms with E-state index in [1.54, 1.807) is 0 Å². The molecule has 0 fully saturated rings. The minimum absolute atomic E-state index is 0. The Labute approximate surface area is 62.2 Å². The molecule has 1 unspecified atom stereocenters. The molecule has 0 aliphatic carbocycles. The van der Waals surface area contributed by atoms with Crippen LogP contribution in [0.1, 0.15) is 7.43 Å². The number of fused-ring (bicyclic) bond motifs is 1. The van der Waals surface area contributed by atoms with Gasteiger partial charge in [0.05, 0.1) is 5.52 Å². The zero-order chi connectivity index (χ0) is 6.10. The highest BCUT2D eigenvalue weighted by Gasteiger charge is 1.88. The van der Waals surface area contributed by atoms with Crippen LogP contribution in [0.2, 0.25) is 0 Å². The van der Waals surface area contributed by atoms with Crippen molar-refractivity contribution in [1.29, 1.82) is 0 Å². The number of para-hydroxylation sites is 1. The first-order valence-electron chi connectivity index (χ1n) is 2.85. The average molecular weight is 151 g/mol. The summed E-state index contributed by atoms with van der Waals surface area (Å²) in [6, 6.07) is 8.25. The Morgan fingerprint density at radius 3 is 2.80 bits per heavy atom. The molecule has 0 saturated carbocycles. The maximum absolute atomic E-state index is 4.19. The van der Waals surface area contributed by atoms with Gasteiger partial charge in [-0.1, -0.05) is 19.6 Å². The molecule has 1 aromatic carbocycles. The number of hydrogen-bond acceptors (Lipinski definition) is 1. The van der Waals surface area contributed by atoms with E-state index < -0.39 is 0 Å². The third-order valence-electron chi connectivity index (χ3n) is 1.33. The molecule has 2 heteroatoms. The summed E-state index contributed by atoms with van der Waals surface area (Å²) in [6.07, 6.45) is 0. The monoisotopic (exact) mass is 151 g/mol. The Kier molecular flexibility index (Phi) is 2.08. The van der Waals surface area contributed by atoms with Crippen molar-refractivity contribution in [2.24, 2.45) is 0 Å². The zero-order valence-electron chi connectivity index (χ0n) is 4.83. The summed E-state index contributed by atoms with van der Waals surface area (Å²) in [6.45, 7) is 0. The zero-order valence-corrected chi connectivity index (χ0v) is 5.83. The van der Waals surface area contributed by atoms with Crippen LogP contribution in [0.25, 0.3) is 10.6 Å². The normalized spacial score (nSPS) is 10.0. The van der Waals surface area contributed by atoms with Gasteiger partial charge in [-0.25, -0.2) is 0 Å². The number of benzene rings is 1. The second-order valence-corrected chi connectivity index (χ2v) is 3.01. The Balaban J connectivity index is 0.000000500. The smallest absolute Gasteiger partial charge is 0.0743 e. The van der Waals surface area contributed by atoms with Crippen molar-refractivity contribution in [3.8, 4) is 0 Å². The second-order valence-electron chi connectivity index (χ2n) is 1.92. The van der Waals surface area contributed by atoms with Gasteiger partial charge < -0.3 is 0 Å². The summed E-state index contributed by atoms with van der Waals surface area (Å²) in [5.41, 5.74) is 1.15. The van der Waals surface area contributed by atoms with Gasteiger partial charge in [0.2, 0.25) is 0 Å². The van der Waals surface area contributed by atoms with Crippen LogP contribution in [-0.4, -0.2) is 4.98 Å². The summed E-state index contributed by atoms with van der Waals surface area (Å²) in [5.74, 6) is 1.98. The van der Waals surface area contributed by atoms with Crippen molar-refractivity contribution in [2.45, 2.75) is 7.43 Å². The minimum Gasteiger partial charge on any atom is -0.252 e. The number of nitrogens with zero attached hydrogens (tertiary/aromatic N) is 1. The summed E-state index contributed by atoms with van der Waals surface area (Å²) >= 11 is 0. The summed E-state index contributed by atoms with van der Waals surface area (Å²) in [5, 5.41) is 1.37. The van der Waals surface area contributed by atoms with Crippen molar-refractivity contribution >= 4 is 18.8 Å². The van der Waals surface area contributed by atoms with Crippen LogP contribution in [0.15, 0.2) is 30.2 Å². The molecule has 0 radical (unpaired) electrons. The van der Waals surface area contributed by atoms with E-state index in [4.69, 9.17) is 0 Å². The predicted octanol–water partition coefficient (Wildman–Crippen LogP) is 2.90. The lowest BCUT2D eigenvalue weighted by Gasteiger charge is -1.81. The van der Waals surface area contributed by atoms with Crippen molar-refractivity contribution in [3.05, 3.63) is 30.2 Å². The van der Waals surface area contributed by atoms with Crippen LogP contribution in [0.5, 0.6) is 0 Å². The average Bonchev–Trinajstić information content (AvgIpc) is 2.33. The minimum atomic E-state index is 0. The number of aromatic nitrogens is 1. The topological polar surface area (TPSA) is 12.9 Å². The molecule has 1 nitrogen and oxygen atoms in total. The molecule has 0 aliphatic heterocycles. The fourth-order valence-electron chi connectivity index (χ4n) is 0.880. The lowest BCUT2D eigenvalue weighted by Crippen LogP contribution is -1.61. The lowest BCUT2D eigenvalue weighted by molar-refractivity contribution is 1.50. The predicted molar refractivity (Wildman–Crippen MR) is 48.0 cm³/mol. The van der Waals surface area contributed by atoms with Gasteiger partial charge >= 0.3 is 0 Å². The molecule has 2 rings (SSSR count). The molecule has 0 saturated heterocycles. The standard InChI is InChI=1S/C7H6NP.CH4/c1-2-4-7-6(3-1)8-5-9-7;/h1-5,9H;1H4. The highest BCUT2D eigenvalue weighted by molar-refractivity contribution is 7.36. The molecule has 1 atom stereocenters. The van der Waals surface area contributed by atoms with Gasteiger partial charge in [0.1, 0.15) is 0 Å². The largest absolute Gasteiger partial charge is 0.252 e. The Morgan fingerprint density at radius 2 is 2.00 bits per heavy atom. The van der Waals surface area contributed by atoms with Crippen molar-refractivity contribution in [1.82, 2.24) is 4.98 Å². The maximum Gasteiger partial charge on any atom is 0.0743 e. The highest BCUT2D eigenvalue weighted by atomic mass is 31.0.